The fourth-order valence-corrected chi connectivity index (χ4v) is 2.77. The van der Waals surface area contributed by atoms with E-state index in [0.717, 1.165) is 38.5 Å². The van der Waals surface area contributed by atoms with Gasteiger partial charge in [0.2, 0.25) is 0 Å². The van der Waals surface area contributed by atoms with E-state index in [-0.39, 0.29) is 5.78 Å². The van der Waals surface area contributed by atoms with Gasteiger partial charge in [-0.3, -0.25) is 9.59 Å². The van der Waals surface area contributed by atoms with Gasteiger partial charge in [0.25, 0.3) is 0 Å². The molecule has 0 heterocycles. The normalized spacial score (nSPS) is 20.8. The second-order valence-electron chi connectivity index (χ2n) is 4.96. The summed E-state index contributed by atoms with van der Waals surface area (Å²) in [6.07, 6.45) is 6.14. The van der Waals surface area contributed by atoms with Crippen molar-refractivity contribution in [3.05, 3.63) is 0 Å². The molecule has 0 aliphatic heterocycles. The molecule has 1 fully saturated rings. The predicted molar refractivity (Wildman–Crippen MR) is 68.2 cm³/mol. The molecule has 0 spiro atoms. The van der Waals surface area contributed by atoms with E-state index in [4.69, 9.17) is 9.47 Å². The summed E-state index contributed by atoms with van der Waals surface area (Å²) in [5.74, 6) is -1.22. The summed E-state index contributed by atoms with van der Waals surface area (Å²) >= 11 is 0. The highest BCUT2D eigenvalue weighted by Gasteiger charge is 2.44. The van der Waals surface area contributed by atoms with Crippen LogP contribution < -0.4 is 0 Å². The molecule has 0 radical (unpaired) electrons. The number of methoxy groups -OCH3 is 2. The monoisotopic (exact) mass is 256 g/mol. The zero-order valence-corrected chi connectivity index (χ0v) is 11.7. The second-order valence-corrected chi connectivity index (χ2v) is 4.96. The molecule has 1 unspecified atom stereocenters. The van der Waals surface area contributed by atoms with E-state index >= 15 is 0 Å². The highest BCUT2D eigenvalue weighted by atomic mass is 16.5. The molecule has 0 aromatic rings. The first-order chi connectivity index (χ1) is 8.61. The van der Waals surface area contributed by atoms with Crippen LogP contribution in [0.1, 0.15) is 51.9 Å². The summed E-state index contributed by atoms with van der Waals surface area (Å²) in [7, 11) is 2.90. The molecule has 0 aromatic carbocycles. The quantitative estimate of drug-likeness (QED) is 0.431. The molecule has 0 saturated heterocycles. The van der Waals surface area contributed by atoms with Gasteiger partial charge in [-0.1, -0.05) is 32.6 Å². The molecule has 18 heavy (non-hydrogen) atoms. The Labute approximate surface area is 109 Å². The number of Topliss-reactive ketones (excluding diaryl/α,β-unsaturated/α-hetero) is 1. The van der Waals surface area contributed by atoms with Gasteiger partial charge in [0.1, 0.15) is 11.5 Å². The molecule has 1 aliphatic rings. The summed E-state index contributed by atoms with van der Waals surface area (Å²) in [6, 6.07) is 0. The van der Waals surface area contributed by atoms with Gasteiger partial charge >= 0.3 is 5.97 Å². The Morgan fingerprint density at radius 3 is 2.06 bits per heavy atom. The van der Waals surface area contributed by atoms with E-state index in [1.807, 2.05) is 6.92 Å². The molecule has 104 valence electrons. The van der Waals surface area contributed by atoms with Crippen LogP contribution in [0.3, 0.4) is 0 Å². The topological polar surface area (TPSA) is 52.6 Å². The number of hydrogen-bond acceptors (Lipinski definition) is 4. The first-order valence-electron chi connectivity index (χ1n) is 6.78. The molecule has 4 heteroatoms. The van der Waals surface area contributed by atoms with Gasteiger partial charge in [-0.2, -0.15) is 0 Å². The van der Waals surface area contributed by atoms with Crippen LogP contribution in [0.25, 0.3) is 0 Å². The lowest BCUT2D eigenvalue weighted by molar-refractivity contribution is -0.159. The Balaban J connectivity index is 2.91. The van der Waals surface area contributed by atoms with Crippen molar-refractivity contribution in [2.75, 3.05) is 14.2 Å². The molecule has 1 atom stereocenters. The van der Waals surface area contributed by atoms with Crippen LogP contribution in [0.2, 0.25) is 0 Å². The molecule has 1 aliphatic carbocycles. The first kappa shape index (κ1) is 15.2. The lowest BCUT2D eigenvalue weighted by atomic mass is 9.81. The number of esters is 1. The van der Waals surface area contributed by atoms with Crippen LogP contribution in [-0.4, -0.2) is 31.6 Å². The fraction of sp³-hybridized carbons (Fsp3) is 0.857. The summed E-state index contributed by atoms with van der Waals surface area (Å²) in [6.45, 7) is 1.83. The molecular weight excluding hydrogens is 232 g/mol. The number of hydrogen-bond donors (Lipinski definition) is 0. The highest BCUT2D eigenvalue weighted by Crippen LogP contribution is 2.33. The fourth-order valence-electron chi connectivity index (χ4n) is 2.77. The Bertz CT molecular complexity index is 290. The molecule has 0 bridgehead atoms. The third kappa shape index (κ3) is 3.10. The summed E-state index contributed by atoms with van der Waals surface area (Å²) in [4.78, 5) is 24.3. The highest BCUT2D eigenvalue weighted by molar-refractivity contribution is 6.03. The van der Waals surface area contributed by atoms with Gasteiger partial charge in [-0.25, -0.2) is 0 Å². The summed E-state index contributed by atoms with van der Waals surface area (Å²) in [5, 5.41) is 0. The molecule has 1 saturated carbocycles. The van der Waals surface area contributed by atoms with Crippen molar-refractivity contribution in [2.45, 2.75) is 57.5 Å². The minimum absolute atomic E-state index is 0.0961. The maximum Gasteiger partial charge on any atom is 0.316 e. The van der Waals surface area contributed by atoms with Crippen molar-refractivity contribution in [3.63, 3.8) is 0 Å². The first-order valence-corrected chi connectivity index (χ1v) is 6.78. The van der Waals surface area contributed by atoms with E-state index in [9.17, 15) is 9.59 Å². The van der Waals surface area contributed by atoms with Gasteiger partial charge in [0, 0.05) is 7.11 Å². The largest absolute Gasteiger partial charge is 0.468 e. The average molecular weight is 256 g/mol. The van der Waals surface area contributed by atoms with Crippen LogP contribution in [0.5, 0.6) is 0 Å². The van der Waals surface area contributed by atoms with Crippen molar-refractivity contribution >= 4 is 11.8 Å². The Kier molecular flexibility index (Phi) is 5.79. The zero-order valence-electron chi connectivity index (χ0n) is 11.7. The van der Waals surface area contributed by atoms with Gasteiger partial charge in [-0.15, -0.1) is 0 Å². The number of carbonyl (C=O) groups excluding carboxylic acids is 2. The molecule has 1 rings (SSSR count). The summed E-state index contributed by atoms with van der Waals surface area (Å²) in [5.41, 5.74) is -0.772. The van der Waals surface area contributed by atoms with Crippen LogP contribution in [0.4, 0.5) is 0 Å². The van der Waals surface area contributed by atoms with Crippen LogP contribution in [-0.2, 0) is 19.1 Å². The Morgan fingerprint density at radius 2 is 1.67 bits per heavy atom. The standard InChI is InChI=1S/C14H24O4/c1-4-11(13(16)17-2)12(15)14(18-3)9-7-5-6-8-10-14/h11H,4-10H2,1-3H3. The van der Waals surface area contributed by atoms with Crippen LogP contribution >= 0.6 is 0 Å². The van der Waals surface area contributed by atoms with Crippen molar-refractivity contribution in [3.8, 4) is 0 Å². The zero-order chi connectivity index (χ0) is 13.6. The SMILES string of the molecule is CCC(C(=O)OC)C(=O)C1(OC)CCCCCC1. The van der Waals surface area contributed by atoms with E-state index < -0.39 is 17.5 Å². The predicted octanol–water partition coefficient (Wildman–Crippen LogP) is 2.49. The Morgan fingerprint density at radius 1 is 1.11 bits per heavy atom. The molecule has 4 nitrogen and oxygen atoms in total. The maximum absolute atomic E-state index is 12.6. The van der Waals surface area contributed by atoms with Gasteiger partial charge in [-0.05, 0) is 19.3 Å². The lowest BCUT2D eigenvalue weighted by Gasteiger charge is -2.32. The van der Waals surface area contributed by atoms with Crippen molar-refractivity contribution in [1.82, 2.24) is 0 Å². The third-order valence-corrected chi connectivity index (χ3v) is 3.96. The maximum atomic E-state index is 12.6. The van der Waals surface area contributed by atoms with Crippen molar-refractivity contribution < 1.29 is 19.1 Å². The minimum Gasteiger partial charge on any atom is -0.468 e. The Hall–Kier alpha value is -0.900. The van der Waals surface area contributed by atoms with Crippen LogP contribution in [0, 0.1) is 5.92 Å². The van der Waals surface area contributed by atoms with E-state index in [2.05, 4.69) is 0 Å². The van der Waals surface area contributed by atoms with Gasteiger partial charge in [0.05, 0.1) is 7.11 Å². The third-order valence-electron chi connectivity index (χ3n) is 3.96. The van der Waals surface area contributed by atoms with Crippen LogP contribution in [0.15, 0.2) is 0 Å². The molecular formula is C14H24O4. The minimum atomic E-state index is -0.772. The van der Waals surface area contributed by atoms with E-state index in [1.54, 1.807) is 7.11 Å². The second kappa shape index (κ2) is 6.88. The number of carbonyl (C=O) groups is 2. The molecule has 0 amide bonds. The molecule has 0 N–H and O–H groups in total. The lowest BCUT2D eigenvalue weighted by Crippen LogP contribution is -2.46. The van der Waals surface area contributed by atoms with Crippen molar-refractivity contribution in [2.24, 2.45) is 5.92 Å². The summed E-state index contributed by atoms with van der Waals surface area (Å²) < 4.78 is 10.3. The smallest absolute Gasteiger partial charge is 0.316 e. The number of ketones is 1. The van der Waals surface area contributed by atoms with E-state index in [0.29, 0.717) is 6.42 Å². The molecule has 0 aromatic heterocycles. The van der Waals surface area contributed by atoms with Gasteiger partial charge < -0.3 is 9.47 Å². The van der Waals surface area contributed by atoms with Crippen molar-refractivity contribution in [1.29, 1.82) is 0 Å². The van der Waals surface area contributed by atoms with Gasteiger partial charge in [0.15, 0.2) is 5.78 Å². The number of rotatable bonds is 5. The average Bonchev–Trinajstić information content (AvgIpc) is 2.65. The van der Waals surface area contributed by atoms with E-state index in [1.165, 1.54) is 7.11 Å². The number of ether oxygens (including phenoxy) is 2.